The molecule has 0 saturated heterocycles. The lowest BCUT2D eigenvalue weighted by atomic mass is 10.5. The van der Waals surface area contributed by atoms with E-state index in [0.717, 1.165) is 0 Å². The van der Waals surface area contributed by atoms with Gasteiger partial charge in [0.2, 0.25) is 0 Å². The van der Waals surface area contributed by atoms with Crippen LogP contribution in [0.2, 0.25) is 0 Å². The van der Waals surface area contributed by atoms with Crippen LogP contribution in [0.1, 0.15) is 13.8 Å². The lowest BCUT2D eigenvalue weighted by Gasteiger charge is -2.26. The van der Waals surface area contributed by atoms with Gasteiger partial charge in [-0.15, -0.1) is 0 Å². The van der Waals surface area contributed by atoms with Crippen molar-refractivity contribution in [1.82, 2.24) is 0 Å². The molecule has 1 aliphatic rings. The van der Waals surface area contributed by atoms with Crippen LogP contribution >= 0.6 is 0 Å². The maximum absolute atomic E-state index is 5.30. The molecule has 0 bridgehead atoms. The van der Waals surface area contributed by atoms with Crippen LogP contribution in [0.15, 0.2) is 12.2 Å². The Morgan fingerprint density at radius 3 is 2.36 bits per heavy atom. The van der Waals surface area contributed by atoms with Gasteiger partial charge in [0, 0.05) is 13.5 Å². The molecule has 0 radical (unpaired) electrons. The van der Waals surface area contributed by atoms with E-state index in [1.807, 2.05) is 19.1 Å². The molecular weight excluding hydrogens is 144 g/mol. The summed E-state index contributed by atoms with van der Waals surface area (Å²) < 4.78 is 15.9. The van der Waals surface area contributed by atoms with E-state index in [9.17, 15) is 0 Å². The smallest absolute Gasteiger partial charge is 0.280 e. The molecule has 0 N–H and O–H groups in total. The van der Waals surface area contributed by atoms with Crippen molar-refractivity contribution in [3.63, 3.8) is 0 Å². The number of rotatable bonds is 2. The van der Waals surface area contributed by atoms with E-state index in [2.05, 4.69) is 0 Å². The maximum Gasteiger partial charge on any atom is 0.280 e. The maximum atomic E-state index is 5.30. The average molecular weight is 158 g/mol. The molecule has 0 aromatic rings. The highest BCUT2D eigenvalue weighted by Gasteiger charge is 2.26. The molecule has 0 unspecified atom stereocenters. The minimum absolute atomic E-state index is 0.552. The molecule has 0 amide bonds. The minimum atomic E-state index is -0.849. The summed E-state index contributed by atoms with van der Waals surface area (Å²) in [6.07, 6.45) is 3.84. The monoisotopic (exact) mass is 158 g/mol. The van der Waals surface area contributed by atoms with Crippen LogP contribution in [-0.2, 0) is 14.2 Å². The first-order valence-electron chi connectivity index (χ1n) is 3.84. The van der Waals surface area contributed by atoms with E-state index < -0.39 is 5.97 Å². The Balaban J connectivity index is 2.42. The Morgan fingerprint density at radius 1 is 1.36 bits per heavy atom. The van der Waals surface area contributed by atoms with Crippen molar-refractivity contribution in [2.45, 2.75) is 19.8 Å². The second kappa shape index (κ2) is 3.85. The first-order chi connectivity index (χ1) is 5.27. The standard InChI is InChI=1S/C8H14O3/c1-3-9-8(2)10-6-4-5-7-11-8/h4-5H,3,6-7H2,1-2H3. The molecule has 0 fully saturated rings. The summed E-state index contributed by atoms with van der Waals surface area (Å²) >= 11 is 0. The quantitative estimate of drug-likeness (QED) is 0.567. The van der Waals surface area contributed by atoms with Crippen LogP contribution in [0.4, 0.5) is 0 Å². The van der Waals surface area contributed by atoms with Crippen LogP contribution in [0, 0.1) is 0 Å². The van der Waals surface area contributed by atoms with Crippen molar-refractivity contribution in [1.29, 1.82) is 0 Å². The van der Waals surface area contributed by atoms with Crippen LogP contribution in [0.5, 0.6) is 0 Å². The van der Waals surface area contributed by atoms with E-state index in [4.69, 9.17) is 14.2 Å². The largest absolute Gasteiger partial charge is 0.328 e. The molecule has 3 heteroatoms. The summed E-state index contributed by atoms with van der Waals surface area (Å²) in [6, 6.07) is 0. The highest BCUT2D eigenvalue weighted by atomic mass is 16.9. The third-order valence-corrected chi connectivity index (χ3v) is 1.46. The van der Waals surface area contributed by atoms with E-state index in [1.165, 1.54) is 0 Å². The molecule has 0 atom stereocenters. The zero-order chi connectivity index (χ0) is 8.16. The zero-order valence-electron chi connectivity index (χ0n) is 7.00. The van der Waals surface area contributed by atoms with E-state index in [1.54, 1.807) is 6.92 Å². The molecule has 1 heterocycles. The summed E-state index contributed by atoms with van der Waals surface area (Å²) in [6.45, 7) is 5.39. The van der Waals surface area contributed by atoms with E-state index in [0.29, 0.717) is 19.8 Å². The Labute approximate surface area is 66.9 Å². The van der Waals surface area contributed by atoms with Crippen LogP contribution in [0.3, 0.4) is 0 Å². The summed E-state index contributed by atoms with van der Waals surface area (Å²) in [5.74, 6) is -0.849. The van der Waals surface area contributed by atoms with Gasteiger partial charge in [-0.1, -0.05) is 12.2 Å². The van der Waals surface area contributed by atoms with Crippen molar-refractivity contribution < 1.29 is 14.2 Å². The Hall–Kier alpha value is -0.380. The van der Waals surface area contributed by atoms with Gasteiger partial charge in [-0.25, -0.2) is 0 Å². The third-order valence-electron chi connectivity index (χ3n) is 1.46. The first kappa shape index (κ1) is 8.71. The normalized spacial score (nSPS) is 23.1. The Morgan fingerprint density at radius 2 is 1.91 bits per heavy atom. The van der Waals surface area contributed by atoms with Gasteiger partial charge in [0.1, 0.15) is 0 Å². The molecule has 0 spiro atoms. The van der Waals surface area contributed by atoms with Crippen molar-refractivity contribution in [2.75, 3.05) is 19.8 Å². The summed E-state index contributed by atoms with van der Waals surface area (Å²) in [4.78, 5) is 0. The number of ether oxygens (including phenoxy) is 3. The van der Waals surface area contributed by atoms with Crippen molar-refractivity contribution >= 4 is 0 Å². The van der Waals surface area contributed by atoms with Crippen molar-refractivity contribution in [3.05, 3.63) is 12.2 Å². The Kier molecular flexibility index (Phi) is 3.05. The molecule has 0 aliphatic carbocycles. The fourth-order valence-electron chi connectivity index (χ4n) is 0.922. The second-order valence-corrected chi connectivity index (χ2v) is 2.39. The lowest BCUT2D eigenvalue weighted by molar-refractivity contribution is -0.359. The third kappa shape index (κ3) is 2.61. The van der Waals surface area contributed by atoms with Crippen LogP contribution in [0.25, 0.3) is 0 Å². The molecule has 64 valence electrons. The predicted octanol–water partition coefficient (Wildman–Crippen LogP) is 1.30. The molecule has 0 saturated carbocycles. The topological polar surface area (TPSA) is 27.7 Å². The van der Waals surface area contributed by atoms with Gasteiger partial charge in [0.25, 0.3) is 5.97 Å². The predicted molar refractivity (Wildman–Crippen MR) is 41.1 cm³/mol. The van der Waals surface area contributed by atoms with Crippen molar-refractivity contribution in [2.24, 2.45) is 0 Å². The Bertz CT molecular complexity index is 132. The zero-order valence-corrected chi connectivity index (χ0v) is 7.00. The number of hydrogen-bond donors (Lipinski definition) is 0. The molecule has 1 rings (SSSR count). The van der Waals surface area contributed by atoms with Gasteiger partial charge in [-0.05, 0) is 6.92 Å². The van der Waals surface area contributed by atoms with Gasteiger partial charge in [-0.2, -0.15) is 0 Å². The van der Waals surface area contributed by atoms with Crippen molar-refractivity contribution in [3.8, 4) is 0 Å². The average Bonchev–Trinajstić information content (AvgIpc) is 2.15. The number of hydrogen-bond acceptors (Lipinski definition) is 3. The summed E-state index contributed by atoms with van der Waals surface area (Å²) in [5.41, 5.74) is 0. The van der Waals surface area contributed by atoms with Gasteiger partial charge < -0.3 is 14.2 Å². The van der Waals surface area contributed by atoms with Crippen LogP contribution < -0.4 is 0 Å². The molecule has 1 aliphatic heterocycles. The van der Waals surface area contributed by atoms with Crippen LogP contribution in [-0.4, -0.2) is 25.8 Å². The minimum Gasteiger partial charge on any atom is -0.328 e. The fraction of sp³-hybridized carbons (Fsp3) is 0.750. The van der Waals surface area contributed by atoms with Gasteiger partial charge >= 0.3 is 0 Å². The van der Waals surface area contributed by atoms with Gasteiger partial charge in [-0.3, -0.25) is 0 Å². The van der Waals surface area contributed by atoms with E-state index in [-0.39, 0.29) is 0 Å². The lowest BCUT2D eigenvalue weighted by Crippen LogP contribution is -2.35. The molecule has 11 heavy (non-hydrogen) atoms. The highest BCUT2D eigenvalue weighted by molar-refractivity contribution is 4.83. The highest BCUT2D eigenvalue weighted by Crippen LogP contribution is 2.16. The second-order valence-electron chi connectivity index (χ2n) is 2.39. The SMILES string of the molecule is CCOC1(C)OCC=CCO1. The first-order valence-corrected chi connectivity index (χ1v) is 3.84. The fourth-order valence-corrected chi connectivity index (χ4v) is 0.922. The van der Waals surface area contributed by atoms with Gasteiger partial charge in [0.05, 0.1) is 13.2 Å². The van der Waals surface area contributed by atoms with E-state index >= 15 is 0 Å². The summed E-state index contributed by atoms with van der Waals surface area (Å²) in [7, 11) is 0. The molecule has 0 aromatic heterocycles. The summed E-state index contributed by atoms with van der Waals surface area (Å²) in [5, 5.41) is 0. The molecule has 0 aromatic carbocycles. The van der Waals surface area contributed by atoms with Gasteiger partial charge in [0.15, 0.2) is 0 Å². The molecule has 3 nitrogen and oxygen atoms in total. The molecular formula is C8H14O3.